The smallest absolute Gasteiger partial charge is 0.333 e. The monoisotopic (exact) mass is 542 g/mol. The summed E-state index contributed by atoms with van der Waals surface area (Å²) in [5.41, 5.74) is 13.7. The van der Waals surface area contributed by atoms with Gasteiger partial charge in [-0.25, -0.2) is 0 Å². The Labute approximate surface area is 237 Å². The van der Waals surface area contributed by atoms with E-state index in [-0.39, 0.29) is 6.85 Å². The maximum atomic E-state index is 2.71. The molecule has 0 bridgehead atoms. The fourth-order valence-corrected chi connectivity index (χ4v) is 10.4. The Balaban J connectivity index is 1.44. The lowest BCUT2D eigenvalue weighted by molar-refractivity contribution is 1.17. The van der Waals surface area contributed by atoms with Crippen molar-refractivity contribution in [1.82, 2.24) is 9.05 Å². The van der Waals surface area contributed by atoms with Crippen molar-refractivity contribution in [2.45, 2.75) is 6.92 Å². The highest BCUT2D eigenvalue weighted by molar-refractivity contribution is 7.27. The highest BCUT2D eigenvalue weighted by atomic mass is 32.1. The number of aryl methyl sites for hydroxylation is 1. The van der Waals surface area contributed by atoms with Crippen LogP contribution in [0.5, 0.6) is 0 Å². The zero-order chi connectivity index (χ0) is 25.9. The number of thiophene rings is 2. The Hall–Kier alpha value is -4.32. The van der Waals surface area contributed by atoms with Crippen molar-refractivity contribution in [3.8, 4) is 16.8 Å². The van der Waals surface area contributed by atoms with E-state index in [1.807, 2.05) is 22.7 Å². The zero-order valence-corrected chi connectivity index (χ0v) is 23.2. The van der Waals surface area contributed by atoms with E-state index in [4.69, 9.17) is 0 Å². The van der Waals surface area contributed by atoms with Crippen LogP contribution in [0, 0.1) is 6.92 Å². The molecule has 11 rings (SSSR count). The average Bonchev–Trinajstić information content (AvgIpc) is 3.71. The van der Waals surface area contributed by atoms with Crippen molar-refractivity contribution in [1.29, 1.82) is 0 Å². The molecule has 2 aliphatic rings. The van der Waals surface area contributed by atoms with Gasteiger partial charge in [0.25, 0.3) is 0 Å². The van der Waals surface area contributed by atoms with Gasteiger partial charge >= 0.3 is 6.85 Å². The number of rotatable bonds is 0. The van der Waals surface area contributed by atoms with Gasteiger partial charge in [0, 0.05) is 47.7 Å². The van der Waals surface area contributed by atoms with Gasteiger partial charge in [-0.1, -0.05) is 78.9 Å². The Morgan fingerprint density at radius 2 is 1.23 bits per heavy atom. The molecule has 184 valence electrons. The predicted octanol–water partition coefficient (Wildman–Crippen LogP) is 8.58. The number of hydrogen-bond donors (Lipinski definition) is 0. The predicted molar refractivity (Wildman–Crippen MR) is 175 cm³/mol. The van der Waals surface area contributed by atoms with Gasteiger partial charge in [0.15, 0.2) is 0 Å². The maximum Gasteiger partial charge on any atom is 0.333 e. The summed E-state index contributed by atoms with van der Waals surface area (Å²) in [5, 5.41) is 5.46. The molecular formula is C35H19BN2S2. The molecule has 0 N–H and O–H groups in total. The lowest BCUT2D eigenvalue weighted by atomic mass is 9.45. The van der Waals surface area contributed by atoms with E-state index in [0.717, 1.165) is 0 Å². The minimum atomic E-state index is 0.130. The van der Waals surface area contributed by atoms with Crippen LogP contribution < -0.4 is 10.9 Å². The lowest BCUT2D eigenvalue weighted by Gasteiger charge is -2.34. The van der Waals surface area contributed by atoms with Gasteiger partial charge in [-0.05, 0) is 47.2 Å². The van der Waals surface area contributed by atoms with Gasteiger partial charge in [0.05, 0.1) is 25.9 Å². The van der Waals surface area contributed by atoms with E-state index >= 15 is 0 Å². The third-order valence-corrected chi connectivity index (χ3v) is 11.7. The van der Waals surface area contributed by atoms with Gasteiger partial charge in [-0.2, -0.15) is 0 Å². The number of benzene rings is 5. The maximum absolute atomic E-state index is 2.71. The van der Waals surface area contributed by atoms with Crippen LogP contribution in [0.3, 0.4) is 0 Å². The Bertz CT molecular complexity index is 2630. The standard InChI is InChI=1S/C35H19BN2S2/c1-18-16-24-19-10-6-11-22-30(19)38(33-21-9-3-5-15-28(21)40-35(22)33)36-25-13-7-12-23-31(25)37(26(17-18)29(24)36)32-20-8-2-4-14-27(20)39-34(23)32/h2-17H,1H3. The largest absolute Gasteiger partial charge is 0.374 e. The van der Waals surface area contributed by atoms with Gasteiger partial charge < -0.3 is 9.05 Å². The van der Waals surface area contributed by atoms with Crippen LogP contribution >= 0.6 is 22.7 Å². The van der Waals surface area contributed by atoms with E-state index in [1.54, 1.807) is 0 Å². The first-order valence-electron chi connectivity index (χ1n) is 13.8. The minimum Gasteiger partial charge on any atom is -0.374 e. The molecule has 5 aromatic carbocycles. The quantitative estimate of drug-likeness (QED) is 0.170. The van der Waals surface area contributed by atoms with E-state index in [2.05, 4.69) is 113 Å². The molecule has 0 radical (unpaired) electrons. The SMILES string of the molecule is Cc1cc2c3c(c1)-n1c4c(cccc4c4sc5ccccc5c41)B3n1c3c-2cccc3c2sc3ccccc3c21. The highest BCUT2D eigenvalue weighted by Crippen LogP contribution is 2.48. The van der Waals surface area contributed by atoms with Crippen molar-refractivity contribution < 1.29 is 0 Å². The molecule has 0 fully saturated rings. The summed E-state index contributed by atoms with van der Waals surface area (Å²) in [6, 6.07) is 36.7. The van der Waals surface area contributed by atoms with Crippen LogP contribution in [0.25, 0.3) is 79.2 Å². The molecule has 40 heavy (non-hydrogen) atoms. The third-order valence-electron chi connectivity index (χ3n) is 9.32. The first-order chi connectivity index (χ1) is 19.8. The van der Waals surface area contributed by atoms with Gasteiger partial charge in [-0.3, -0.25) is 0 Å². The number of nitrogens with zero attached hydrogens (tertiary/aromatic N) is 2. The van der Waals surface area contributed by atoms with Crippen LogP contribution in [0.4, 0.5) is 0 Å². The molecule has 5 heteroatoms. The Kier molecular flexibility index (Phi) is 3.44. The van der Waals surface area contributed by atoms with E-state index in [0.29, 0.717) is 0 Å². The summed E-state index contributed by atoms with van der Waals surface area (Å²) >= 11 is 3.88. The second kappa shape index (κ2) is 6.69. The Morgan fingerprint density at radius 3 is 2.02 bits per heavy atom. The summed E-state index contributed by atoms with van der Waals surface area (Å²) in [7, 11) is 0. The molecule has 2 aliphatic heterocycles. The molecule has 0 amide bonds. The van der Waals surface area contributed by atoms with Gasteiger partial charge in [0.2, 0.25) is 0 Å². The molecule has 6 heterocycles. The second-order valence-corrected chi connectivity index (χ2v) is 13.5. The fraction of sp³-hybridized carbons (Fsp3) is 0.0286. The minimum absolute atomic E-state index is 0.130. The molecule has 0 saturated carbocycles. The summed E-state index contributed by atoms with van der Waals surface area (Å²) < 4.78 is 10.8. The number of para-hydroxylation sites is 2. The van der Waals surface area contributed by atoms with Crippen molar-refractivity contribution in [2.24, 2.45) is 0 Å². The van der Waals surface area contributed by atoms with Crippen LogP contribution in [0.2, 0.25) is 0 Å². The van der Waals surface area contributed by atoms with E-state index in [1.165, 1.54) is 95.7 Å². The van der Waals surface area contributed by atoms with E-state index in [9.17, 15) is 0 Å². The molecule has 2 nitrogen and oxygen atoms in total. The molecule has 0 unspecified atom stereocenters. The van der Waals surface area contributed by atoms with Crippen molar-refractivity contribution in [3.63, 3.8) is 0 Å². The number of aromatic nitrogens is 2. The number of fused-ring (bicyclic) bond motifs is 14. The molecule has 0 saturated heterocycles. The summed E-state index contributed by atoms with van der Waals surface area (Å²) in [6.07, 6.45) is 0. The summed E-state index contributed by atoms with van der Waals surface area (Å²) in [4.78, 5) is 0. The van der Waals surface area contributed by atoms with Crippen LogP contribution in [0.15, 0.2) is 97.1 Å². The molecule has 0 atom stereocenters. The van der Waals surface area contributed by atoms with Crippen molar-refractivity contribution >= 4 is 103 Å². The molecular weight excluding hydrogens is 523 g/mol. The first kappa shape index (κ1) is 20.6. The molecule has 0 aliphatic carbocycles. The normalized spacial score (nSPS) is 13.6. The molecule has 4 aromatic heterocycles. The van der Waals surface area contributed by atoms with Gasteiger partial charge in [-0.15, -0.1) is 22.7 Å². The third kappa shape index (κ3) is 2.14. The van der Waals surface area contributed by atoms with Crippen LogP contribution in [-0.2, 0) is 0 Å². The zero-order valence-electron chi connectivity index (χ0n) is 21.5. The summed E-state index contributed by atoms with van der Waals surface area (Å²) in [6.45, 7) is 2.39. The highest BCUT2D eigenvalue weighted by Gasteiger charge is 2.42. The van der Waals surface area contributed by atoms with Gasteiger partial charge in [0.1, 0.15) is 0 Å². The summed E-state index contributed by atoms with van der Waals surface area (Å²) in [5.74, 6) is 0. The lowest BCUT2D eigenvalue weighted by Crippen LogP contribution is -2.55. The van der Waals surface area contributed by atoms with Crippen LogP contribution in [0.1, 0.15) is 5.56 Å². The van der Waals surface area contributed by atoms with Crippen molar-refractivity contribution in [2.75, 3.05) is 0 Å². The average molecular weight is 542 g/mol. The van der Waals surface area contributed by atoms with E-state index < -0.39 is 0 Å². The molecule has 0 spiro atoms. The Morgan fingerprint density at radius 1 is 0.575 bits per heavy atom. The topological polar surface area (TPSA) is 9.86 Å². The second-order valence-electron chi connectivity index (χ2n) is 11.4. The first-order valence-corrected chi connectivity index (χ1v) is 15.5. The molecule has 9 aromatic rings. The van der Waals surface area contributed by atoms with Crippen molar-refractivity contribution in [3.05, 3.63) is 103 Å². The number of hydrogen-bond acceptors (Lipinski definition) is 2. The van der Waals surface area contributed by atoms with Crippen LogP contribution in [-0.4, -0.2) is 15.9 Å². The fourth-order valence-electron chi connectivity index (χ4n) is 7.93.